The molecule has 1 rings (SSSR count). The molecular formula is C9H12BrN3O2. The van der Waals surface area contributed by atoms with Gasteiger partial charge < -0.3 is 5.32 Å². The number of H-pyrrole nitrogens is 1. The fourth-order valence-corrected chi connectivity index (χ4v) is 1.03. The smallest absolute Gasteiger partial charge is 0.264 e. The highest BCUT2D eigenvalue weighted by atomic mass is 79.9. The van der Waals surface area contributed by atoms with Gasteiger partial charge in [0.05, 0.1) is 4.83 Å². The summed E-state index contributed by atoms with van der Waals surface area (Å²) in [5.41, 5.74) is -0.299. The molecule has 15 heavy (non-hydrogen) atoms. The predicted octanol–water partition coefficient (Wildman–Crippen LogP) is 1.13. The number of aromatic amines is 1. The van der Waals surface area contributed by atoms with Gasteiger partial charge in [-0.3, -0.25) is 9.59 Å². The van der Waals surface area contributed by atoms with E-state index in [1.54, 1.807) is 0 Å². The molecule has 1 unspecified atom stereocenters. The van der Waals surface area contributed by atoms with E-state index in [0.717, 1.165) is 0 Å². The van der Waals surface area contributed by atoms with Crippen molar-refractivity contribution in [2.24, 2.45) is 5.92 Å². The normalized spacial score (nSPS) is 12.5. The van der Waals surface area contributed by atoms with E-state index in [-0.39, 0.29) is 22.2 Å². The first-order valence-electron chi connectivity index (χ1n) is 4.51. The lowest BCUT2D eigenvalue weighted by Crippen LogP contribution is -2.27. The van der Waals surface area contributed by atoms with Crippen LogP contribution >= 0.6 is 15.9 Å². The van der Waals surface area contributed by atoms with E-state index >= 15 is 0 Å². The summed E-state index contributed by atoms with van der Waals surface area (Å²) in [7, 11) is 0. The number of halogens is 1. The van der Waals surface area contributed by atoms with Crippen LogP contribution < -0.4 is 10.9 Å². The van der Waals surface area contributed by atoms with Crippen LogP contribution in [0.25, 0.3) is 0 Å². The van der Waals surface area contributed by atoms with Crippen LogP contribution in [0.5, 0.6) is 0 Å². The highest BCUT2D eigenvalue weighted by molar-refractivity contribution is 9.10. The first-order chi connectivity index (χ1) is 7.00. The molecule has 0 saturated heterocycles. The summed E-state index contributed by atoms with van der Waals surface area (Å²) in [5, 5.41) is 8.49. The maximum absolute atomic E-state index is 11.5. The summed E-state index contributed by atoms with van der Waals surface area (Å²) in [6, 6.07) is 2.76. The molecule has 0 aromatic carbocycles. The van der Waals surface area contributed by atoms with Gasteiger partial charge in [0, 0.05) is 6.07 Å². The maximum atomic E-state index is 11.5. The zero-order valence-corrected chi connectivity index (χ0v) is 10.0. The minimum absolute atomic E-state index is 0.176. The van der Waals surface area contributed by atoms with Crippen molar-refractivity contribution < 1.29 is 4.79 Å². The second-order valence-electron chi connectivity index (χ2n) is 3.44. The van der Waals surface area contributed by atoms with Gasteiger partial charge >= 0.3 is 0 Å². The van der Waals surface area contributed by atoms with Gasteiger partial charge in [-0.05, 0) is 12.0 Å². The summed E-state index contributed by atoms with van der Waals surface area (Å²) in [4.78, 5) is 22.0. The highest BCUT2D eigenvalue weighted by Gasteiger charge is 2.18. The molecule has 0 saturated carbocycles. The van der Waals surface area contributed by atoms with Crippen LogP contribution in [-0.2, 0) is 4.79 Å². The molecule has 1 aromatic rings. The monoisotopic (exact) mass is 273 g/mol. The Morgan fingerprint density at radius 2 is 2.20 bits per heavy atom. The Hall–Kier alpha value is -1.17. The van der Waals surface area contributed by atoms with E-state index in [2.05, 4.69) is 31.4 Å². The summed E-state index contributed by atoms with van der Waals surface area (Å²) in [5.74, 6) is 0.349. The van der Waals surface area contributed by atoms with Gasteiger partial charge in [0.1, 0.15) is 0 Å². The Kier molecular flexibility index (Phi) is 4.02. The largest absolute Gasteiger partial charge is 0.308 e. The second kappa shape index (κ2) is 5.06. The molecule has 5 nitrogen and oxygen atoms in total. The summed E-state index contributed by atoms with van der Waals surface area (Å²) >= 11 is 3.27. The van der Waals surface area contributed by atoms with Gasteiger partial charge in [-0.25, -0.2) is 5.10 Å². The van der Waals surface area contributed by atoms with E-state index in [1.807, 2.05) is 13.8 Å². The first kappa shape index (κ1) is 11.9. The lowest BCUT2D eigenvalue weighted by Gasteiger charge is -2.12. The molecule has 2 N–H and O–H groups in total. The lowest BCUT2D eigenvalue weighted by atomic mass is 10.1. The number of hydrogen-bond donors (Lipinski definition) is 2. The van der Waals surface area contributed by atoms with Gasteiger partial charge in [-0.1, -0.05) is 29.8 Å². The Bertz CT molecular complexity index is 382. The number of rotatable bonds is 3. The number of nitrogens with zero attached hydrogens (tertiary/aromatic N) is 1. The summed E-state index contributed by atoms with van der Waals surface area (Å²) in [6.07, 6.45) is 0. The van der Waals surface area contributed by atoms with Gasteiger partial charge in [-0.2, -0.15) is 5.10 Å². The second-order valence-corrected chi connectivity index (χ2v) is 4.43. The van der Waals surface area contributed by atoms with E-state index in [1.165, 1.54) is 12.1 Å². The fourth-order valence-electron chi connectivity index (χ4n) is 0.912. The molecule has 1 atom stereocenters. The third-order valence-corrected chi connectivity index (χ3v) is 3.24. The molecule has 1 amide bonds. The third kappa shape index (κ3) is 3.47. The lowest BCUT2D eigenvalue weighted by molar-refractivity contribution is -0.116. The van der Waals surface area contributed by atoms with Crippen molar-refractivity contribution >= 4 is 27.7 Å². The molecule has 6 heteroatoms. The van der Waals surface area contributed by atoms with Gasteiger partial charge in [0.2, 0.25) is 5.91 Å². The third-order valence-electron chi connectivity index (χ3n) is 1.77. The van der Waals surface area contributed by atoms with Crippen LogP contribution in [0, 0.1) is 5.92 Å². The molecule has 0 spiro atoms. The zero-order valence-electron chi connectivity index (χ0n) is 8.45. The van der Waals surface area contributed by atoms with Crippen LogP contribution in [0.4, 0.5) is 5.82 Å². The highest BCUT2D eigenvalue weighted by Crippen LogP contribution is 2.13. The van der Waals surface area contributed by atoms with Crippen LogP contribution in [0.2, 0.25) is 0 Å². The Morgan fingerprint density at radius 3 is 2.67 bits per heavy atom. The zero-order chi connectivity index (χ0) is 11.4. The number of alkyl halides is 1. The number of anilines is 1. The molecule has 0 aliphatic heterocycles. The number of carbonyl (C=O) groups is 1. The Morgan fingerprint density at radius 1 is 1.53 bits per heavy atom. The number of nitrogens with one attached hydrogen (secondary N) is 2. The minimum Gasteiger partial charge on any atom is -0.308 e. The maximum Gasteiger partial charge on any atom is 0.264 e. The van der Waals surface area contributed by atoms with Crippen LogP contribution in [0.15, 0.2) is 16.9 Å². The van der Waals surface area contributed by atoms with Crippen molar-refractivity contribution in [3.8, 4) is 0 Å². The van der Waals surface area contributed by atoms with Gasteiger partial charge in [-0.15, -0.1) is 0 Å². The van der Waals surface area contributed by atoms with Crippen molar-refractivity contribution in [1.82, 2.24) is 10.2 Å². The Labute approximate surface area is 95.4 Å². The van der Waals surface area contributed by atoms with E-state index in [0.29, 0.717) is 5.82 Å². The number of aromatic nitrogens is 2. The predicted molar refractivity (Wildman–Crippen MR) is 61.0 cm³/mol. The van der Waals surface area contributed by atoms with Crippen LogP contribution in [0.3, 0.4) is 0 Å². The SMILES string of the molecule is CC(C)C(Br)C(=O)Nc1ccc(=O)[nH]n1. The molecule has 0 fully saturated rings. The van der Waals surface area contributed by atoms with E-state index in [4.69, 9.17) is 0 Å². The molecule has 1 heterocycles. The first-order valence-corrected chi connectivity index (χ1v) is 5.43. The summed E-state index contributed by atoms with van der Waals surface area (Å²) in [6.45, 7) is 3.86. The molecule has 0 bridgehead atoms. The van der Waals surface area contributed by atoms with Crippen molar-refractivity contribution in [2.45, 2.75) is 18.7 Å². The van der Waals surface area contributed by atoms with E-state index < -0.39 is 0 Å². The van der Waals surface area contributed by atoms with Crippen LogP contribution in [0.1, 0.15) is 13.8 Å². The van der Waals surface area contributed by atoms with Crippen molar-refractivity contribution in [3.05, 3.63) is 22.5 Å². The Balaban J connectivity index is 2.66. The van der Waals surface area contributed by atoms with Gasteiger partial charge in [0.25, 0.3) is 5.56 Å². The van der Waals surface area contributed by atoms with Crippen molar-refractivity contribution in [1.29, 1.82) is 0 Å². The molecule has 0 radical (unpaired) electrons. The molecule has 0 aliphatic rings. The average molecular weight is 274 g/mol. The summed E-state index contributed by atoms with van der Waals surface area (Å²) < 4.78 is 0. The van der Waals surface area contributed by atoms with Crippen molar-refractivity contribution in [2.75, 3.05) is 5.32 Å². The molecule has 0 aliphatic carbocycles. The number of amides is 1. The molecular weight excluding hydrogens is 262 g/mol. The number of carbonyl (C=O) groups excluding carboxylic acids is 1. The quantitative estimate of drug-likeness (QED) is 0.811. The fraction of sp³-hybridized carbons (Fsp3) is 0.444. The van der Waals surface area contributed by atoms with E-state index in [9.17, 15) is 9.59 Å². The average Bonchev–Trinajstić information content (AvgIpc) is 2.20. The molecule has 82 valence electrons. The number of hydrogen-bond acceptors (Lipinski definition) is 3. The standard InChI is InChI=1S/C9H12BrN3O2/c1-5(2)8(10)9(15)11-6-3-4-7(14)13-12-6/h3-5,8H,1-2H3,(H,13,14)(H,11,12,15). The minimum atomic E-state index is -0.299. The van der Waals surface area contributed by atoms with Crippen LogP contribution in [-0.4, -0.2) is 20.9 Å². The van der Waals surface area contributed by atoms with Gasteiger partial charge in [0.15, 0.2) is 5.82 Å². The molecule has 1 aromatic heterocycles. The van der Waals surface area contributed by atoms with Crippen molar-refractivity contribution in [3.63, 3.8) is 0 Å². The topological polar surface area (TPSA) is 74.8 Å².